The molecule has 10 heteroatoms. The predicted molar refractivity (Wildman–Crippen MR) is 122 cm³/mol. The van der Waals surface area contributed by atoms with E-state index < -0.39 is 21.3 Å². The van der Waals surface area contributed by atoms with Crippen LogP contribution in [0, 0.1) is 6.92 Å². The van der Waals surface area contributed by atoms with Crippen LogP contribution in [0.1, 0.15) is 11.1 Å². The smallest absolute Gasteiger partial charge is 0.286 e. The first-order valence-electron chi connectivity index (χ1n) is 9.63. The van der Waals surface area contributed by atoms with Crippen molar-refractivity contribution >= 4 is 38.3 Å². The Hall–Kier alpha value is -4.18. The second kappa shape index (κ2) is 7.20. The summed E-state index contributed by atoms with van der Waals surface area (Å²) in [6.07, 6.45) is 1.49. The molecule has 0 saturated heterocycles. The molecule has 0 atom stereocenters. The van der Waals surface area contributed by atoms with E-state index in [9.17, 15) is 18.3 Å². The SMILES string of the molecule is Cc1cccc(Nn2c(=O)c(C3=NS(=O)(=O)c4ccccc4N3)c(O)c3cccnc32)c1. The van der Waals surface area contributed by atoms with Crippen molar-refractivity contribution in [1.29, 1.82) is 0 Å². The number of para-hydroxylation sites is 1. The number of fused-ring (bicyclic) bond motifs is 2. The van der Waals surface area contributed by atoms with Crippen LogP contribution in [0.3, 0.4) is 0 Å². The van der Waals surface area contributed by atoms with E-state index in [-0.39, 0.29) is 33.0 Å². The van der Waals surface area contributed by atoms with Crippen molar-refractivity contribution in [2.24, 2.45) is 4.40 Å². The van der Waals surface area contributed by atoms with E-state index in [1.807, 2.05) is 25.1 Å². The molecule has 1 aliphatic rings. The first-order valence-corrected chi connectivity index (χ1v) is 11.1. The van der Waals surface area contributed by atoms with Gasteiger partial charge >= 0.3 is 0 Å². The predicted octanol–water partition coefficient (Wildman–Crippen LogP) is 2.85. The number of nitrogens with one attached hydrogen (secondary N) is 2. The Bertz CT molecular complexity index is 1590. The third kappa shape index (κ3) is 3.17. The van der Waals surface area contributed by atoms with E-state index >= 15 is 0 Å². The number of aromatic hydroxyl groups is 1. The Morgan fingerprint density at radius 3 is 2.69 bits per heavy atom. The monoisotopic (exact) mass is 447 g/mol. The molecule has 0 saturated carbocycles. The van der Waals surface area contributed by atoms with E-state index in [4.69, 9.17) is 0 Å². The lowest BCUT2D eigenvalue weighted by Gasteiger charge is -2.20. The summed E-state index contributed by atoms with van der Waals surface area (Å²) in [5.74, 6) is -0.682. The van der Waals surface area contributed by atoms with Gasteiger partial charge in [-0.2, -0.15) is 13.1 Å². The molecular weight excluding hydrogens is 430 g/mol. The molecule has 2 aromatic heterocycles. The molecule has 5 rings (SSSR count). The van der Waals surface area contributed by atoms with E-state index in [1.54, 1.807) is 36.4 Å². The average molecular weight is 447 g/mol. The fourth-order valence-electron chi connectivity index (χ4n) is 3.59. The van der Waals surface area contributed by atoms with E-state index in [2.05, 4.69) is 20.1 Å². The highest BCUT2D eigenvalue weighted by Gasteiger charge is 2.30. The van der Waals surface area contributed by atoms with Gasteiger partial charge in [0.25, 0.3) is 15.6 Å². The normalized spacial score (nSPS) is 14.3. The molecule has 0 fully saturated rings. The maximum absolute atomic E-state index is 13.5. The molecule has 3 heterocycles. The maximum Gasteiger partial charge on any atom is 0.286 e. The molecule has 0 amide bonds. The number of benzene rings is 2. The minimum atomic E-state index is -4.07. The number of hydrogen-bond acceptors (Lipinski definition) is 7. The summed E-state index contributed by atoms with van der Waals surface area (Å²) < 4.78 is 30.4. The van der Waals surface area contributed by atoms with Crippen LogP contribution in [0.4, 0.5) is 11.4 Å². The standard InChI is InChI=1S/C22H17N5O4S/c1-13-6-4-7-14(12-13)25-27-21-15(8-5-11-23-21)19(28)18(22(27)29)20-24-16-9-2-3-10-17(16)32(30,31)26-20/h2-12,25,28H,1H3,(H,24,26). The van der Waals surface area contributed by atoms with E-state index in [0.717, 1.165) is 10.2 Å². The Morgan fingerprint density at radius 2 is 1.88 bits per heavy atom. The van der Waals surface area contributed by atoms with Crippen LogP contribution in [-0.4, -0.2) is 29.0 Å². The number of pyridine rings is 2. The van der Waals surface area contributed by atoms with Gasteiger partial charge in [-0.25, -0.2) is 4.98 Å². The second-order valence-electron chi connectivity index (χ2n) is 7.26. The minimum Gasteiger partial charge on any atom is -0.506 e. The molecule has 4 aromatic rings. The highest BCUT2D eigenvalue weighted by atomic mass is 32.2. The Morgan fingerprint density at radius 1 is 1.06 bits per heavy atom. The number of nitrogens with zero attached hydrogens (tertiary/aromatic N) is 3. The number of amidine groups is 1. The van der Waals surface area contributed by atoms with Crippen LogP contribution in [-0.2, 0) is 10.0 Å². The molecule has 0 bridgehead atoms. The molecule has 3 N–H and O–H groups in total. The topological polar surface area (TPSA) is 126 Å². The van der Waals surface area contributed by atoms with Crippen molar-refractivity contribution in [3.05, 3.63) is 88.3 Å². The number of aromatic nitrogens is 2. The fourth-order valence-corrected chi connectivity index (χ4v) is 4.71. The van der Waals surface area contributed by atoms with Crippen molar-refractivity contribution < 1.29 is 13.5 Å². The molecule has 160 valence electrons. The van der Waals surface area contributed by atoms with Gasteiger partial charge < -0.3 is 10.4 Å². The van der Waals surface area contributed by atoms with Crippen LogP contribution in [0.2, 0.25) is 0 Å². The lowest BCUT2D eigenvalue weighted by molar-refractivity contribution is 0.478. The zero-order chi connectivity index (χ0) is 22.5. The van der Waals surface area contributed by atoms with Crippen LogP contribution < -0.4 is 16.3 Å². The summed E-state index contributed by atoms with van der Waals surface area (Å²) in [5, 5.41) is 14.1. The Balaban J connectivity index is 1.77. The molecule has 1 aliphatic heterocycles. The molecule has 0 unspecified atom stereocenters. The third-order valence-electron chi connectivity index (χ3n) is 5.03. The van der Waals surface area contributed by atoms with Crippen LogP contribution in [0.25, 0.3) is 11.0 Å². The van der Waals surface area contributed by atoms with Gasteiger partial charge in [0.1, 0.15) is 16.2 Å². The third-order valence-corrected chi connectivity index (χ3v) is 6.37. The van der Waals surface area contributed by atoms with Crippen LogP contribution >= 0.6 is 0 Å². The van der Waals surface area contributed by atoms with Gasteiger partial charge in [0, 0.05) is 6.20 Å². The average Bonchev–Trinajstić information content (AvgIpc) is 2.76. The molecule has 32 heavy (non-hydrogen) atoms. The quantitative estimate of drug-likeness (QED) is 0.441. The molecule has 0 spiro atoms. The van der Waals surface area contributed by atoms with Crippen molar-refractivity contribution in [2.45, 2.75) is 11.8 Å². The van der Waals surface area contributed by atoms with Gasteiger partial charge in [0.05, 0.1) is 16.8 Å². The van der Waals surface area contributed by atoms with Crippen molar-refractivity contribution in [3.8, 4) is 5.75 Å². The van der Waals surface area contributed by atoms with Crippen molar-refractivity contribution in [3.63, 3.8) is 0 Å². The zero-order valence-electron chi connectivity index (χ0n) is 16.8. The second-order valence-corrected chi connectivity index (χ2v) is 8.83. The van der Waals surface area contributed by atoms with Gasteiger partial charge in [-0.3, -0.25) is 10.2 Å². The Labute approximate surface area is 182 Å². The summed E-state index contributed by atoms with van der Waals surface area (Å²) in [5.41, 5.74) is 4.04. The van der Waals surface area contributed by atoms with E-state index in [0.29, 0.717) is 5.69 Å². The van der Waals surface area contributed by atoms with Gasteiger partial charge in [-0.05, 0) is 48.9 Å². The summed E-state index contributed by atoms with van der Waals surface area (Å²) in [4.78, 5) is 17.7. The largest absolute Gasteiger partial charge is 0.506 e. The Kier molecular flexibility index (Phi) is 4.45. The summed E-state index contributed by atoms with van der Waals surface area (Å²) in [6.45, 7) is 1.91. The van der Waals surface area contributed by atoms with Crippen molar-refractivity contribution in [2.75, 3.05) is 10.7 Å². The molecular formula is C22H17N5O4S. The van der Waals surface area contributed by atoms with Gasteiger partial charge in [0.2, 0.25) is 0 Å². The summed E-state index contributed by atoms with van der Waals surface area (Å²) in [7, 11) is -4.07. The first kappa shape index (κ1) is 19.8. The number of anilines is 2. The van der Waals surface area contributed by atoms with Gasteiger partial charge in [0.15, 0.2) is 11.5 Å². The number of aryl methyl sites for hydroxylation is 1. The van der Waals surface area contributed by atoms with Gasteiger partial charge in [-0.15, -0.1) is 4.40 Å². The number of rotatable bonds is 3. The lowest BCUT2D eigenvalue weighted by atomic mass is 10.1. The van der Waals surface area contributed by atoms with Gasteiger partial charge in [-0.1, -0.05) is 24.3 Å². The van der Waals surface area contributed by atoms with Crippen molar-refractivity contribution in [1.82, 2.24) is 9.66 Å². The van der Waals surface area contributed by atoms with Crippen LogP contribution in [0.5, 0.6) is 5.75 Å². The highest BCUT2D eigenvalue weighted by molar-refractivity contribution is 7.90. The fraction of sp³-hybridized carbons (Fsp3) is 0.0455. The first-order chi connectivity index (χ1) is 15.3. The molecule has 2 aromatic carbocycles. The maximum atomic E-state index is 13.5. The summed E-state index contributed by atoms with van der Waals surface area (Å²) >= 11 is 0. The van der Waals surface area contributed by atoms with E-state index in [1.165, 1.54) is 12.3 Å². The molecule has 9 nitrogen and oxygen atoms in total. The minimum absolute atomic E-state index is 0.0103. The summed E-state index contributed by atoms with van der Waals surface area (Å²) in [6, 6.07) is 16.8. The highest BCUT2D eigenvalue weighted by Crippen LogP contribution is 2.31. The number of hydrogen-bond donors (Lipinski definition) is 3. The molecule has 0 radical (unpaired) electrons. The van der Waals surface area contributed by atoms with Crippen LogP contribution in [0.15, 0.2) is 80.9 Å². The zero-order valence-corrected chi connectivity index (χ0v) is 17.6. The molecule has 0 aliphatic carbocycles. The number of sulfonamides is 1. The lowest BCUT2D eigenvalue weighted by Crippen LogP contribution is -2.35.